The van der Waals surface area contributed by atoms with Crippen molar-refractivity contribution < 1.29 is 9.53 Å². The number of hydrogen-bond acceptors (Lipinski definition) is 3. The van der Waals surface area contributed by atoms with Crippen molar-refractivity contribution in [3.63, 3.8) is 0 Å². The quantitative estimate of drug-likeness (QED) is 0.287. The first-order valence-corrected chi connectivity index (χ1v) is 11.7. The average Bonchev–Trinajstić information content (AvgIpc) is 3.20. The van der Waals surface area contributed by atoms with Gasteiger partial charge in [-0.05, 0) is 49.1 Å². The van der Waals surface area contributed by atoms with Gasteiger partial charge in [0.15, 0.2) is 0 Å². The molecule has 0 atom stereocenters. The summed E-state index contributed by atoms with van der Waals surface area (Å²) in [5, 5.41) is 3.67. The van der Waals surface area contributed by atoms with E-state index in [9.17, 15) is 4.79 Å². The van der Waals surface area contributed by atoms with Crippen LogP contribution in [-0.2, 0) is 24.3 Å². The molecule has 4 aromatic rings. The fourth-order valence-corrected chi connectivity index (χ4v) is 3.98. The summed E-state index contributed by atoms with van der Waals surface area (Å²) in [7, 11) is 0. The van der Waals surface area contributed by atoms with Gasteiger partial charge in [0.1, 0.15) is 11.6 Å². The number of rotatable bonds is 11. The van der Waals surface area contributed by atoms with Gasteiger partial charge in [-0.25, -0.2) is 4.98 Å². The van der Waals surface area contributed by atoms with Crippen LogP contribution in [0.4, 0.5) is 0 Å². The summed E-state index contributed by atoms with van der Waals surface area (Å²) in [6, 6.07) is 25.7. The minimum absolute atomic E-state index is 0.0330. The van der Waals surface area contributed by atoms with Gasteiger partial charge in [-0.2, -0.15) is 0 Å². The number of aromatic nitrogens is 2. The van der Waals surface area contributed by atoms with Crippen molar-refractivity contribution in [3.8, 4) is 5.75 Å². The summed E-state index contributed by atoms with van der Waals surface area (Å²) in [6.07, 6.45) is 3.01. The molecule has 0 unspecified atom stereocenters. The zero-order valence-corrected chi connectivity index (χ0v) is 19.3. The zero-order valence-electron chi connectivity index (χ0n) is 18.5. The Labute approximate surface area is 199 Å². The molecule has 5 nitrogen and oxygen atoms in total. The molecule has 1 amide bonds. The van der Waals surface area contributed by atoms with E-state index in [1.165, 1.54) is 5.56 Å². The van der Waals surface area contributed by atoms with Crippen molar-refractivity contribution in [2.24, 2.45) is 0 Å². The van der Waals surface area contributed by atoms with Crippen molar-refractivity contribution in [3.05, 3.63) is 95.3 Å². The normalized spacial score (nSPS) is 10.9. The Hall–Kier alpha value is -3.31. The number of nitrogens with zero attached hydrogens (tertiary/aromatic N) is 2. The van der Waals surface area contributed by atoms with Crippen LogP contribution in [0.1, 0.15) is 30.7 Å². The standard InChI is InChI=1S/C27H28ClN3O2/c28-22-12-4-7-15-25(22)33-19-9-8-18-31-24-14-6-5-13-23(24)30-26(31)20-29-27(32)17-16-21-10-2-1-3-11-21/h1-7,10-15H,8-9,16-20H2,(H,29,32). The number of ether oxygens (including phenoxy) is 1. The number of fused-ring (bicyclic) bond motifs is 1. The summed E-state index contributed by atoms with van der Waals surface area (Å²) < 4.78 is 8.00. The molecule has 0 spiro atoms. The number of hydrogen-bond donors (Lipinski definition) is 1. The molecule has 0 aliphatic carbocycles. The van der Waals surface area contributed by atoms with E-state index in [0.29, 0.717) is 30.3 Å². The van der Waals surface area contributed by atoms with E-state index < -0.39 is 0 Å². The molecule has 170 valence electrons. The van der Waals surface area contributed by atoms with E-state index in [4.69, 9.17) is 21.3 Å². The second-order valence-electron chi connectivity index (χ2n) is 7.92. The Morgan fingerprint density at radius 3 is 2.55 bits per heavy atom. The Morgan fingerprint density at radius 2 is 1.70 bits per heavy atom. The molecular formula is C27H28ClN3O2. The van der Waals surface area contributed by atoms with Gasteiger partial charge in [-0.15, -0.1) is 0 Å². The van der Waals surface area contributed by atoms with E-state index in [2.05, 4.69) is 16.0 Å². The number of benzene rings is 3. The maximum Gasteiger partial charge on any atom is 0.220 e. The maximum absolute atomic E-state index is 12.4. The zero-order chi connectivity index (χ0) is 22.9. The molecule has 0 aliphatic rings. The fraction of sp³-hybridized carbons (Fsp3) is 0.259. The molecule has 4 rings (SSSR count). The first-order chi connectivity index (χ1) is 16.2. The Kier molecular flexibility index (Phi) is 7.99. The highest BCUT2D eigenvalue weighted by atomic mass is 35.5. The monoisotopic (exact) mass is 461 g/mol. The lowest BCUT2D eigenvalue weighted by atomic mass is 10.1. The third kappa shape index (κ3) is 6.36. The number of halogens is 1. The van der Waals surface area contributed by atoms with E-state index >= 15 is 0 Å². The molecular weight excluding hydrogens is 434 g/mol. The van der Waals surface area contributed by atoms with Crippen LogP contribution in [0.15, 0.2) is 78.9 Å². The molecule has 3 aromatic carbocycles. The molecule has 0 saturated heterocycles. The molecule has 1 N–H and O–H groups in total. The number of para-hydroxylation sites is 3. The third-order valence-electron chi connectivity index (χ3n) is 5.53. The van der Waals surface area contributed by atoms with Crippen LogP contribution in [0.25, 0.3) is 11.0 Å². The summed E-state index contributed by atoms with van der Waals surface area (Å²) in [5.74, 6) is 1.62. The van der Waals surface area contributed by atoms with Crippen molar-refractivity contribution in [2.75, 3.05) is 6.61 Å². The number of imidazole rings is 1. The first-order valence-electron chi connectivity index (χ1n) is 11.3. The number of nitrogens with one attached hydrogen (secondary N) is 1. The lowest BCUT2D eigenvalue weighted by molar-refractivity contribution is -0.121. The van der Waals surface area contributed by atoms with Crippen LogP contribution in [0, 0.1) is 0 Å². The molecule has 0 aliphatic heterocycles. The van der Waals surface area contributed by atoms with Crippen LogP contribution in [0.5, 0.6) is 5.75 Å². The molecule has 0 saturated carbocycles. The van der Waals surface area contributed by atoms with Crippen LogP contribution in [0.2, 0.25) is 5.02 Å². The van der Waals surface area contributed by atoms with Crippen LogP contribution >= 0.6 is 11.6 Å². The number of amides is 1. The van der Waals surface area contributed by atoms with E-state index in [0.717, 1.165) is 42.7 Å². The van der Waals surface area contributed by atoms with Gasteiger partial charge < -0.3 is 14.6 Å². The topological polar surface area (TPSA) is 56.2 Å². The lowest BCUT2D eigenvalue weighted by Gasteiger charge is -2.11. The van der Waals surface area contributed by atoms with Gasteiger partial charge in [-0.3, -0.25) is 4.79 Å². The van der Waals surface area contributed by atoms with Crippen molar-refractivity contribution >= 4 is 28.5 Å². The van der Waals surface area contributed by atoms with Crippen molar-refractivity contribution in [1.82, 2.24) is 14.9 Å². The number of aryl methyl sites for hydroxylation is 2. The van der Waals surface area contributed by atoms with E-state index in [1.807, 2.05) is 72.8 Å². The van der Waals surface area contributed by atoms with Gasteiger partial charge in [0.2, 0.25) is 5.91 Å². The molecule has 0 bridgehead atoms. The van der Waals surface area contributed by atoms with Crippen molar-refractivity contribution in [2.45, 2.75) is 38.8 Å². The van der Waals surface area contributed by atoms with E-state index in [1.54, 1.807) is 0 Å². The van der Waals surface area contributed by atoms with Crippen LogP contribution < -0.4 is 10.1 Å². The largest absolute Gasteiger partial charge is 0.492 e. The van der Waals surface area contributed by atoms with Crippen molar-refractivity contribution in [1.29, 1.82) is 0 Å². The maximum atomic E-state index is 12.4. The number of carbonyl (C=O) groups is 1. The average molecular weight is 462 g/mol. The summed E-state index contributed by atoms with van der Waals surface area (Å²) in [6.45, 7) is 1.82. The molecule has 1 aromatic heterocycles. The second kappa shape index (κ2) is 11.5. The van der Waals surface area contributed by atoms with Gasteiger partial charge in [0, 0.05) is 13.0 Å². The Bertz CT molecular complexity index is 1190. The predicted molar refractivity (Wildman–Crippen MR) is 133 cm³/mol. The highest BCUT2D eigenvalue weighted by molar-refractivity contribution is 6.32. The van der Waals surface area contributed by atoms with Gasteiger partial charge >= 0.3 is 0 Å². The second-order valence-corrected chi connectivity index (χ2v) is 8.32. The van der Waals surface area contributed by atoms with Crippen LogP contribution in [0.3, 0.4) is 0 Å². The number of unbranched alkanes of at least 4 members (excludes halogenated alkanes) is 1. The van der Waals surface area contributed by atoms with Gasteiger partial charge in [-0.1, -0.05) is 66.2 Å². The molecule has 1 heterocycles. The highest BCUT2D eigenvalue weighted by Gasteiger charge is 2.12. The fourth-order valence-electron chi connectivity index (χ4n) is 3.79. The summed E-state index contributed by atoms with van der Waals surface area (Å²) in [4.78, 5) is 17.2. The molecule has 0 radical (unpaired) electrons. The molecule has 33 heavy (non-hydrogen) atoms. The smallest absolute Gasteiger partial charge is 0.220 e. The minimum Gasteiger partial charge on any atom is -0.492 e. The summed E-state index contributed by atoms with van der Waals surface area (Å²) in [5.41, 5.74) is 3.19. The first kappa shape index (κ1) is 22.9. The Balaban J connectivity index is 1.31. The van der Waals surface area contributed by atoms with Gasteiger partial charge in [0.25, 0.3) is 0 Å². The Morgan fingerprint density at radius 1 is 0.939 bits per heavy atom. The van der Waals surface area contributed by atoms with E-state index in [-0.39, 0.29) is 5.91 Å². The van der Waals surface area contributed by atoms with Crippen LogP contribution in [-0.4, -0.2) is 22.1 Å². The SMILES string of the molecule is O=C(CCc1ccccc1)NCc1nc2ccccc2n1CCCCOc1ccccc1Cl. The minimum atomic E-state index is 0.0330. The van der Waals surface area contributed by atoms with Gasteiger partial charge in [0.05, 0.1) is 29.2 Å². The molecule has 0 fully saturated rings. The number of carbonyl (C=O) groups excluding carboxylic acids is 1. The summed E-state index contributed by atoms with van der Waals surface area (Å²) >= 11 is 6.15. The lowest BCUT2D eigenvalue weighted by Crippen LogP contribution is -2.25. The predicted octanol–water partition coefficient (Wildman–Crippen LogP) is 5.80. The highest BCUT2D eigenvalue weighted by Crippen LogP contribution is 2.23. The molecule has 6 heteroatoms. The third-order valence-corrected chi connectivity index (χ3v) is 5.84.